The fourth-order valence-corrected chi connectivity index (χ4v) is 7.03. The van der Waals surface area contributed by atoms with Gasteiger partial charge in [0.25, 0.3) is 0 Å². The van der Waals surface area contributed by atoms with Crippen molar-refractivity contribution in [1.29, 1.82) is 0 Å². The van der Waals surface area contributed by atoms with Crippen molar-refractivity contribution in [2.24, 2.45) is 0 Å². The van der Waals surface area contributed by atoms with Crippen LogP contribution >= 0.6 is 0 Å². The topological polar surface area (TPSA) is 65.0 Å². The Balaban J connectivity index is 1.23. The van der Waals surface area contributed by atoms with Gasteiger partial charge in [0.05, 0.1) is 17.1 Å². The Labute approximate surface area is 287 Å². The molecule has 4 aromatic heterocycles. The molecule has 5 nitrogen and oxygen atoms in total. The van der Waals surface area contributed by atoms with Crippen molar-refractivity contribution in [1.82, 2.24) is 15.0 Å². The van der Waals surface area contributed by atoms with E-state index in [4.69, 9.17) is 18.8 Å². The molecule has 0 saturated carbocycles. The lowest BCUT2D eigenvalue weighted by Crippen LogP contribution is -1.96. The first kappa shape index (κ1) is 28.2. The van der Waals surface area contributed by atoms with Crippen molar-refractivity contribution >= 4 is 43.9 Å². The van der Waals surface area contributed by atoms with Gasteiger partial charge in [0.1, 0.15) is 22.3 Å². The molecule has 10 rings (SSSR count). The van der Waals surface area contributed by atoms with Crippen LogP contribution in [0.15, 0.2) is 173 Å². The minimum absolute atomic E-state index is 0.651. The van der Waals surface area contributed by atoms with Gasteiger partial charge in [-0.25, -0.2) is 9.97 Å². The molecule has 234 valence electrons. The van der Waals surface area contributed by atoms with Gasteiger partial charge in [-0.1, -0.05) is 115 Å². The highest BCUT2D eigenvalue weighted by molar-refractivity contribution is 6.18. The number of nitrogens with zero attached hydrogens (tertiary/aromatic N) is 3. The van der Waals surface area contributed by atoms with Crippen molar-refractivity contribution in [3.8, 4) is 56.3 Å². The average Bonchev–Trinajstić information content (AvgIpc) is 3.78. The molecule has 0 fully saturated rings. The van der Waals surface area contributed by atoms with E-state index in [1.165, 1.54) is 0 Å². The third-order valence-corrected chi connectivity index (χ3v) is 9.37. The van der Waals surface area contributed by atoms with Gasteiger partial charge in [0.2, 0.25) is 0 Å². The number of benzene rings is 6. The molecule has 0 unspecified atom stereocenters. The number of aromatic nitrogens is 3. The van der Waals surface area contributed by atoms with Gasteiger partial charge in [0.15, 0.2) is 5.82 Å². The second-order valence-electron chi connectivity index (χ2n) is 12.4. The molecule has 0 amide bonds. The molecule has 4 heterocycles. The molecule has 0 spiro atoms. The van der Waals surface area contributed by atoms with Crippen molar-refractivity contribution in [3.05, 3.63) is 164 Å². The average molecular weight is 642 g/mol. The molecule has 0 N–H and O–H groups in total. The van der Waals surface area contributed by atoms with Gasteiger partial charge in [-0.15, -0.1) is 0 Å². The Morgan fingerprint density at radius 1 is 0.380 bits per heavy atom. The number of hydrogen-bond acceptors (Lipinski definition) is 5. The van der Waals surface area contributed by atoms with Gasteiger partial charge >= 0.3 is 0 Å². The SMILES string of the molecule is c1ccc(-c2nc(-c3cccc(-c4ccccn4)c3)cc(-c3ccc(-c4cccc5c4oc4ccccc45)c4oc5ccccc5c34)n2)cc1. The highest BCUT2D eigenvalue weighted by Gasteiger charge is 2.22. The van der Waals surface area contributed by atoms with Gasteiger partial charge < -0.3 is 8.83 Å². The van der Waals surface area contributed by atoms with E-state index in [0.717, 1.165) is 94.3 Å². The van der Waals surface area contributed by atoms with Gasteiger partial charge in [-0.2, -0.15) is 0 Å². The largest absolute Gasteiger partial charge is 0.455 e. The van der Waals surface area contributed by atoms with E-state index in [1.807, 2.05) is 85.1 Å². The van der Waals surface area contributed by atoms with Crippen LogP contribution in [0.1, 0.15) is 0 Å². The summed E-state index contributed by atoms with van der Waals surface area (Å²) >= 11 is 0. The molecule has 0 atom stereocenters. The van der Waals surface area contributed by atoms with Crippen LogP contribution in [0.2, 0.25) is 0 Å². The molecule has 0 aliphatic heterocycles. The molecule has 0 saturated heterocycles. The van der Waals surface area contributed by atoms with Crippen LogP contribution in [0.5, 0.6) is 0 Å². The first-order valence-corrected chi connectivity index (χ1v) is 16.6. The molecule has 0 bridgehead atoms. The Bertz CT molecular complexity index is 2870. The van der Waals surface area contributed by atoms with Gasteiger partial charge in [0, 0.05) is 61.1 Å². The second-order valence-corrected chi connectivity index (χ2v) is 12.4. The Kier molecular flexibility index (Phi) is 6.42. The molecule has 50 heavy (non-hydrogen) atoms. The summed E-state index contributed by atoms with van der Waals surface area (Å²) in [6.45, 7) is 0. The number of pyridine rings is 1. The van der Waals surface area contributed by atoms with Crippen molar-refractivity contribution in [2.75, 3.05) is 0 Å². The number of para-hydroxylation sites is 3. The Morgan fingerprint density at radius 3 is 1.84 bits per heavy atom. The monoisotopic (exact) mass is 641 g/mol. The highest BCUT2D eigenvalue weighted by Crippen LogP contribution is 2.44. The number of fused-ring (bicyclic) bond motifs is 6. The fraction of sp³-hybridized carbons (Fsp3) is 0. The lowest BCUT2D eigenvalue weighted by atomic mass is 9.95. The maximum atomic E-state index is 6.73. The summed E-state index contributed by atoms with van der Waals surface area (Å²) in [5.41, 5.74) is 11.7. The first-order chi connectivity index (χ1) is 24.8. The summed E-state index contributed by atoms with van der Waals surface area (Å²) in [5.74, 6) is 0.651. The molecule has 5 heteroatoms. The fourth-order valence-electron chi connectivity index (χ4n) is 7.03. The summed E-state index contributed by atoms with van der Waals surface area (Å²) in [7, 11) is 0. The zero-order valence-corrected chi connectivity index (χ0v) is 26.7. The lowest BCUT2D eigenvalue weighted by molar-refractivity contribution is 0.665. The zero-order valence-electron chi connectivity index (χ0n) is 26.7. The molecule has 6 aromatic carbocycles. The summed E-state index contributed by atoms with van der Waals surface area (Å²) in [5, 5.41) is 4.19. The summed E-state index contributed by atoms with van der Waals surface area (Å²) in [4.78, 5) is 14.9. The highest BCUT2D eigenvalue weighted by atomic mass is 16.3. The zero-order chi connectivity index (χ0) is 33.0. The van der Waals surface area contributed by atoms with Gasteiger partial charge in [-0.05, 0) is 42.5 Å². The first-order valence-electron chi connectivity index (χ1n) is 16.6. The third kappa shape index (κ3) is 4.60. The van der Waals surface area contributed by atoms with E-state index in [1.54, 1.807) is 0 Å². The quantitative estimate of drug-likeness (QED) is 0.187. The predicted molar refractivity (Wildman–Crippen MR) is 202 cm³/mol. The minimum Gasteiger partial charge on any atom is -0.455 e. The Morgan fingerprint density at radius 2 is 1.00 bits per heavy atom. The number of hydrogen-bond donors (Lipinski definition) is 0. The van der Waals surface area contributed by atoms with Crippen LogP contribution < -0.4 is 0 Å². The molecular weight excluding hydrogens is 615 g/mol. The third-order valence-electron chi connectivity index (χ3n) is 9.37. The molecule has 0 aliphatic rings. The van der Waals surface area contributed by atoms with Crippen molar-refractivity contribution in [3.63, 3.8) is 0 Å². The molecule has 0 aliphatic carbocycles. The van der Waals surface area contributed by atoms with Crippen LogP contribution in [0.4, 0.5) is 0 Å². The Hall–Kier alpha value is -6.85. The standard InChI is InChI=1S/C45H27N3O2/c1-2-12-28(13-3-1)45-47-38(30-15-10-14-29(26-30)37-20-8-9-25-46-37)27-39(48-45)35-24-23-34(44-42(35)36-17-5-7-22-41(36)50-44)33-19-11-18-32-31-16-4-6-21-40(31)49-43(32)33/h1-27H. The normalized spacial score (nSPS) is 11.6. The van der Waals surface area contributed by atoms with E-state index in [-0.39, 0.29) is 0 Å². The molecular formula is C45H27N3O2. The summed E-state index contributed by atoms with van der Waals surface area (Å²) < 4.78 is 13.2. The van der Waals surface area contributed by atoms with E-state index in [9.17, 15) is 0 Å². The second kappa shape index (κ2) is 11.4. The van der Waals surface area contributed by atoms with Crippen LogP contribution in [-0.2, 0) is 0 Å². The maximum Gasteiger partial charge on any atom is 0.160 e. The van der Waals surface area contributed by atoms with Crippen molar-refractivity contribution in [2.45, 2.75) is 0 Å². The van der Waals surface area contributed by atoms with E-state index >= 15 is 0 Å². The van der Waals surface area contributed by atoms with E-state index in [2.05, 4.69) is 83.8 Å². The molecule has 10 aromatic rings. The predicted octanol–water partition coefficient (Wildman–Crippen LogP) is 12.0. The van der Waals surface area contributed by atoms with Crippen LogP contribution in [0.25, 0.3) is 100 Å². The molecule has 0 radical (unpaired) electrons. The van der Waals surface area contributed by atoms with Crippen molar-refractivity contribution < 1.29 is 8.83 Å². The number of rotatable bonds is 5. The number of furan rings is 2. The van der Waals surface area contributed by atoms with Crippen LogP contribution in [0, 0.1) is 0 Å². The van der Waals surface area contributed by atoms with Gasteiger partial charge in [-0.3, -0.25) is 4.98 Å². The summed E-state index contributed by atoms with van der Waals surface area (Å²) in [6, 6.07) is 53.5. The lowest BCUT2D eigenvalue weighted by Gasteiger charge is -2.12. The minimum atomic E-state index is 0.651. The maximum absolute atomic E-state index is 6.73. The van der Waals surface area contributed by atoms with E-state index in [0.29, 0.717) is 5.82 Å². The van der Waals surface area contributed by atoms with Crippen LogP contribution in [-0.4, -0.2) is 15.0 Å². The smallest absolute Gasteiger partial charge is 0.160 e. The summed E-state index contributed by atoms with van der Waals surface area (Å²) in [6.07, 6.45) is 1.82. The van der Waals surface area contributed by atoms with Crippen LogP contribution in [0.3, 0.4) is 0 Å². The van der Waals surface area contributed by atoms with E-state index < -0.39 is 0 Å².